The quantitative estimate of drug-likeness (QED) is 0.749. The third-order valence-electron chi connectivity index (χ3n) is 2.56. The monoisotopic (exact) mass is 214 g/mol. The largest absolute Gasteiger partial charge is 0.326 e. The average Bonchev–Trinajstić information content (AvgIpc) is 2.56. The first kappa shape index (κ1) is 9.90. The lowest BCUT2D eigenvalue weighted by Gasteiger charge is -2.17. The lowest BCUT2D eigenvalue weighted by Crippen LogP contribution is -2.28. The first-order valence-electron chi connectivity index (χ1n) is 4.62. The van der Waals surface area contributed by atoms with Crippen molar-refractivity contribution in [1.82, 2.24) is 5.32 Å². The fourth-order valence-corrected chi connectivity index (χ4v) is 2.05. The van der Waals surface area contributed by atoms with E-state index in [1.165, 1.54) is 12.1 Å². The second-order valence-corrected chi connectivity index (χ2v) is 3.96. The molecule has 1 aliphatic heterocycles. The van der Waals surface area contributed by atoms with E-state index in [1.54, 1.807) is 6.07 Å². The van der Waals surface area contributed by atoms with E-state index in [0.29, 0.717) is 5.02 Å². The van der Waals surface area contributed by atoms with Crippen LogP contribution < -0.4 is 11.1 Å². The summed E-state index contributed by atoms with van der Waals surface area (Å²) in [4.78, 5) is 0. The van der Waals surface area contributed by atoms with Gasteiger partial charge in [-0.1, -0.05) is 11.6 Å². The first-order valence-corrected chi connectivity index (χ1v) is 5.00. The standard InChI is InChI=1S/C10H12ClFN2/c11-8-2-1-6(12)5-7(8)10-9(13)3-4-14-10/h1-2,5,9-10,14H,3-4,13H2. The molecule has 0 amide bonds. The number of benzene rings is 1. The minimum atomic E-state index is -0.273. The van der Waals surface area contributed by atoms with Crippen molar-refractivity contribution >= 4 is 11.6 Å². The highest BCUT2D eigenvalue weighted by Crippen LogP contribution is 2.28. The summed E-state index contributed by atoms with van der Waals surface area (Å²) in [6.45, 7) is 0.860. The van der Waals surface area contributed by atoms with Crippen LogP contribution in [0.25, 0.3) is 0 Å². The summed E-state index contributed by atoms with van der Waals surface area (Å²) < 4.78 is 13.0. The lowest BCUT2D eigenvalue weighted by molar-refractivity contribution is 0.561. The van der Waals surface area contributed by atoms with Gasteiger partial charge in [-0.15, -0.1) is 0 Å². The zero-order valence-corrected chi connectivity index (χ0v) is 8.39. The van der Waals surface area contributed by atoms with E-state index in [0.717, 1.165) is 18.5 Å². The summed E-state index contributed by atoms with van der Waals surface area (Å²) >= 11 is 5.98. The van der Waals surface area contributed by atoms with Crippen LogP contribution in [0.3, 0.4) is 0 Å². The molecule has 0 radical (unpaired) electrons. The van der Waals surface area contributed by atoms with Crippen molar-refractivity contribution in [3.8, 4) is 0 Å². The summed E-state index contributed by atoms with van der Waals surface area (Å²) in [5.41, 5.74) is 6.65. The van der Waals surface area contributed by atoms with E-state index in [4.69, 9.17) is 17.3 Å². The Balaban J connectivity index is 2.34. The highest BCUT2D eigenvalue weighted by molar-refractivity contribution is 6.31. The summed E-state index contributed by atoms with van der Waals surface area (Å²) in [5.74, 6) is -0.273. The molecule has 1 heterocycles. The smallest absolute Gasteiger partial charge is 0.123 e. The van der Waals surface area contributed by atoms with Crippen LogP contribution >= 0.6 is 11.6 Å². The van der Waals surface area contributed by atoms with Crippen molar-refractivity contribution in [2.75, 3.05) is 6.54 Å². The van der Waals surface area contributed by atoms with Crippen LogP contribution in [0, 0.1) is 5.82 Å². The van der Waals surface area contributed by atoms with Gasteiger partial charge in [0.1, 0.15) is 5.82 Å². The fraction of sp³-hybridized carbons (Fsp3) is 0.400. The molecule has 3 N–H and O–H groups in total. The molecule has 1 aromatic carbocycles. The zero-order valence-electron chi connectivity index (χ0n) is 7.63. The van der Waals surface area contributed by atoms with Crippen molar-refractivity contribution in [3.05, 3.63) is 34.6 Å². The molecular weight excluding hydrogens is 203 g/mol. The fourth-order valence-electron chi connectivity index (χ4n) is 1.82. The van der Waals surface area contributed by atoms with E-state index in [9.17, 15) is 4.39 Å². The Morgan fingerprint density at radius 2 is 2.29 bits per heavy atom. The van der Waals surface area contributed by atoms with Gasteiger partial charge < -0.3 is 11.1 Å². The average molecular weight is 215 g/mol. The number of hydrogen-bond donors (Lipinski definition) is 2. The van der Waals surface area contributed by atoms with Gasteiger partial charge in [0.15, 0.2) is 0 Å². The van der Waals surface area contributed by atoms with Crippen molar-refractivity contribution in [3.63, 3.8) is 0 Å². The molecule has 2 unspecified atom stereocenters. The molecule has 0 aromatic heterocycles. The second kappa shape index (κ2) is 3.85. The van der Waals surface area contributed by atoms with Gasteiger partial charge in [-0.3, -0.25) is 0 Å². The topological polar surface area (TPSA) is 38.0 Å². The van der Waals surface area contributed by atoms with E-state index >= 15 is 0 Å². The second-order valence-electron chi connectivity index (χ2n) is 3.55. The molecule has 14 heavy (non-hydrogen) atoms. The maximum absolute atomic E-state index is 13.0. The number of nitrogens with two attached hydrogens (primary N) is 1. The molecule has 0 saturated carbocycles. The van der Waals surface area contributed by atoms with Gasteiger partial charge in [-0.2, -0.15) is 0 Å². The Bertz CT molecular complexity index is 343. The van der Waals surface area contributed by atoms with Gasteiger partial charge in [-0.05, 0) is 36.7 Å². The van der Waals surface area contributed by atoms with Crippen LogP contribution in [-0.2, 0) is 0 Å². The van der Waals surface area contributed by atoms with Crippen molar-refractivity contribution in [1.29, 1.82) is 0 Å². The normalized spacial score (nSPS) is 26.8. The molecule has 0 bridgehead atoms. The number of hydrogen-bond acceptors (Lipinski definition) is 2. The molecule has 0 spiro atoms. The Morgan fingerprint density at radius 3 is 2.93 bits per heavy atom. The van der Waals surface area contributed by atoms with Crippen LogP contribution in [0.5, 0.6) is 0 Å². The molecule has 1 saturated heterocycles. The molecule has 76 valence electrons. The maximum atomic E-state index is 13.0. The third-order valence-corrected chi connectivity index (χ3v) is 2.91. The third kappa shape index (κ3) is 1.75. The van der Waals surface area contributed by atoms with Crippen molar-refractivity contribution in [2.45, 2.75) is 18.5 Å². The molecular formula is C10H12ClFN2. The van der Waals surface area contributed by atoms with Crippen LogP contribution in [-0.4, -0.2) is 12.6 Å². The summed E-state index contributed by atoms with van der Waals surface area (Å²) in [6.07, 6.45) is 0.900. The van der Waals surface area contributed by atoms with Gasteiger partial charge in [0, 0.05) is 17.1 Å². The molecule has 2 nitrogen and oxygen atoms in total. The predicted molar refractivity (Wildman–Crippen MR) is 54.7 cm³/mol. The summed E-state index contributed by atoms with van der Waals surface area (Å²) in [5, 5.41) is 3.79. The molecule has 2 atom stereocenters. The van der Waals surface area contributed by atoms with Crippen molar-refractivity contribution in [2.24, 2.45) is 5.73 Å². The Morgan fingerprint density at radius 1 is 1.50 bits per heavy atom. The van der Waals surface area contributed by atoms with Crippen molar-refractivity contribution < 1.29 is 4.39 Å². The minimum Gasteiger partial charge on any atom is -0.326 e. The van der Waals surface area contributed by atoms with Crippen LogP contribution in [0.1, 0.15) is 18.0 Å². The van der Waals surface area contributed by atoms with E-state index < -0.39 is 0 Å². The van der Waals surface area contributed by atoms with E-state index in [2.05, 4.69) is 5.32 Å². The van der Waals surface area contributed by atoms with Gasteiger partial charge in [0.2, 0.25) is 0 Å². The number of halogens is 2. The lowest BCUT2D eigenvalue weighted by atomic mass is 10.0. The number of rotatable bonds is 1. The van der Waals surface area contributed by atoms with Gasteiger partial charge in [0.05, 0.1) is 0 Å². The molecule has 0 aliphatic carbocycles. The molecule has 1 fully saturated rings. The minimum absolute atomic E-state index is 0.0156. The Labute approximate surface area is 87.2 Å². The van der Waals surface area contributed by atoms with E-state index in [-0.39, 0.29) is 17.9 Å². The SMILES string of the molecule is NC1CCNC1c1cc(F)ccc1Cl. The molecule has 2 rings (SSSR count). The molecule has 4 heteroatoms. The highest BCUT2D eigenvalue weighted by atomic mass is 35.5. The van der Waals surface area contributed by atoms with Crippen LogP contribution in [0.15, 0.2) is 18.2 Å². The van der Waals surface area contributed by atoms with E-state index in [1.807, 2.05) is 0 Å². The maximum Gasteiger partial charge on any atom is 0.123 e. The molecule has 1 aliphatic rings. The van der Waals surface area contributed by atoms with Gasteiger partial charge in [-0.25, -0.2) is 4.39 Å². The highest BCUT2D eigenvalue weighted by Gasteiger charge is 2.26. The van der Waals surface area contributed by atoms with Crippen LogP contribution in [0.2, 0.25) is 5.02 Å². The molecule has 1 aromatic rings. The zero-order chi connectivity index (χ0) is 10.1. The van der Waals surface area contributed by atoms with Gasteiger partial charge in [0.25, 0.3) is 0 Å². The summed E-state index contributed by atoms with van der Waals surface area (Å²) in [7, 11) is 0. The van der Waals surface area contributed by atoms with Crippen LogP contribution in [0.4, 0.5) is 4.39 Å². The van der Waals surface area contributed by atoms with Gasteiger partial charge >= 0.3 is 0 Å². The number of nitrogens with one attached hydrogen (secondary N) is 1. The Hall–Kier alpha value is -0.640. The summed E-state index contributed by atoms with van der Waals surface area (Å²) in [6, 6.07) is 4.38. The Kier molecular flexibility index (Phi) is 2.72. The first-order chi connectivity index (χ1) is 6.68. The predicted octanol–water partition coefficient (Wildman–Crippen LogP) is 1.84.